The summed E-state index contributed by atoms with van der Waals surface area (Å²) in [5.41, 5.74) is 2.11. The Labute approximate surface area is 215 Å². The maximum absolute atomic E-state index is 13.1. The van der Waals surface area contributed by atoms with Gasteiger partial charge in [-0.1, -0.05) is 37.6 Å². The number of methoxy groups -OCH3 is 3. The van der Waals surface area contributed by atoms with Crippen molar-refractivity contribution in [3.05, 3.63) is 53.7 Å². The summed E-state index contributed by atoms with van der Waals surface area (Å²) in [6, 6.07) is 12.6. The zero-order valence-electron chi connectivity index (χ0n) is 21.1. The maximum Gasteiger partial charge on any atom is 0.246 e. The molecule has 0 radical (unpaired) electrons. The summed E-state index contributed by atoms with van der Waals surface area (Å²) in [7, 11) is 4.68. The highest BCUT2D eigenvalue weighted by Crippen LogP contribution is 2.30. The van der Waals surface area contributed by atoms with Gasteiger partial charge in [0, 0.05) is 54.6 Å². The van der Waals surface area contributed by atoms with E-state index in [2.05, 4.69) is 10.3 Å². The van der Waals surface area contributed by atoms with Crippen LogP contribution in [-0.2, 0) is 14.3 Å². The lowest BCUT2D eigenvalue weighted by Gasteiger charge is -2.23. The van der Waals surface area contributed by atoms with E-state index in [1.165, 1.54) is 4.90 Å². The molecule has 0 unspecified atom stereocenters. The molecule has 10 heteroatoms. The Morgan fingerprint density at radius 2 is 1.69 bits per heavy atom. The molecule has 1 heterocycles. The molecule has 2 amide bonds. The number of nitrogens with one attached hydrogen (secondary N) is 1. The SMILES string of the molecule is COCCN(CC(=O)Nc1nc(-c2ccc(Cl)cc2)cn1-c1cc(OC)cc(OC)c1)C(=O)C(C)C. The van der Waals surface area contributed by atoms with Crippen LogP contribution >= 0.6 is 11.6 Å². The molecule has 0 saturated heterocycles. The van der Waals surface area contributed by atoms with Gasteiger partial charge in [-0.05, 0) is 12.1 Å². The summed E-state index contributed by atoms with van der Waals surface area (Å²) in [6.07, 6.45) is 1.80. The number of imidazole rings is 1. The monoisotopic (exact) mass is 514 g/mol. The Hall–Kier alpha value is -3.56. The highest BCUT2D eigenvalue weighted by Gasteiger charge is 2.22. The Morgan fingerprint density at radius 1 is 1.06 bits per heavy atom. The Kier molecular flexibility index (Phi) is 9.32. The zero-order valence-corrected chi connectivity index (χ0v) is 21.8. The van der Waals surface area contributed by atoms with E-state index in [9.17, 15) is 9.59 Å². The third-order valence-electron chi connectivity index (χ3n) is 5.42. The Morgan fingerprint density at radius 3 is 2.25 bits per heavy atom. The van der Waals surface area contributed by atoms with Gasteiger partial charge >= 0.3 is 0 Å². The van der Waals surface area contributed by atoms with Gasteiger partial charge in [-0.15, -0.1) is 0 Å². The largest absolute Gasteiger partial charge is 0.497 e. The smallest absolute Gasteiger partial charge is 0.246 e. The molecule has 0 fully saturated rings. The number of hydrogen-bond donors (Lipinski definition) is 1. The number of carbonyl (C=O) groups excluding carboxylic acids is 2. The van der Waals surface area contributed by atoms with Crippen molar-refractivity contribution in [1.29, 1.82) is 0 Å². The van der Waals surface area contributed by atoms with Crippen molar-refractivity contribution in [3.63, 3.8) is 0 Å². The number of ether oxygens (including phenoxy) is 3. The second-order valence-electron chi connectivity index (χ2n) is 8.35. The van der Waals surface area contributed by atoms with Crippen LogP contribution in [0, 0.1) is 5.92 Å². The van der Waals surface area contributed by atoms with Crippen molar-refractivity contribution in [2.75, 3.05) is 46.3 Å². The quantitative estimate of drug-likeness (QED) is 0.410. The lowest BCUT2D eigenvalue weighted by molar-refractivity contribution is -0.138. The first-order valence-corrected chi connectivity index (χ1v) is 11.8. The molecule has 36 heavy (non-hydrogen) atoms. The fourth-order valence-electron chi connectivity index (χ4n) is 3.53. The molecule has 1 aromatic heterocycles. The van der Waals surface area contributed by atoms with E-state index in [0.717, 1.165) is 5.56 Å². The molecular formula is C26H31ClN4O5. The van der Waals surface area contributed by atoms with Crippen LogP contribution in [-0.4, -0.2) is 67.3 Å². The summed E-state index contributed by atoms with van der Waals surface area (Å²) in [6.45, 7) is 4.08. The molecule has 2 aromatic carbocycles. The number of rotatable bonds is 11. The number of halogens is 1. The van der Waals surface area contributed by atoms with E-state index >= 15 is 0 Å². The summed E-state index contributed by atoms with van der Waals surface area (Å²) in [5.74, 6) is 0.670. The van der Waals surface area contributed by atoms with Gasteiger partial charge in [0.15, 0.2) is 0 Å². The minimum atomic E-state index is -0.385. The van der Waals surface area contributed by atoms with Gasteiger partial charge in [0.2, 0.25) is 17.8 Å². The van der Waals surface area contributed by atoms with E-state index < -0.39 is 0 Å². The van der Waals surface area contributed by atoms with Gasteiger partial charge in [0.1, 0.15) is 18.0 Å². The van der Waals surface area contributed by atoms with Crippen LogP contribution in [0.4, 0.5) is 5.95 Å². The molecule has 0 aliphatic rings. The first-order chi connectivity index (χ1) is 17.2. The molecule has 192 valence electrons. The topological polar surface area (TPSA) is 94.9 Å². The van der Waals surface area contributed by atoms with E-state index in [4.69, 9.17) is 25.8 Å². The van der Waals surface area contributed by atoms with Crippen LogP contribution in [0.1, 0.15) is 13.8 Å². The van der Waals surface area contributed by atoms with Gasteiger partial charge < -0.3 is 19.1 Å². The minimum absolute atomic E-state index is 0.134. The molecule has 0 aliphatic heterocycles. The highest BCUT2D eigenvalue weighted by atomic mass is 35.5. The molecular weight excluding hydrogens is 484 g/mol. The summed E-state index contributed by atoms with van der Waals surface area (Å²) >= 11 is 6.05. The predicted octanol–water partition coefficient (Wildman–Crippen LogP) is 4.28. The first kappa shape index (κ1) is 27.0. The van der Waals surface area contributed by atoms with Crippen molar-refractivity contribution in [2.24, 2.45) is 5.92 Å². The number of carbonyl (C=O) groups is 2. The second-order valence-corrected chi connectivity index (χ2v) is 8.79. The summed E-state index contributed by atoms with van der Waals surface area (Å²) in [5, 5.41) is 3.46. The molecule has 0 spiro atoms. The Balaban J connectivity index is 1.98. The molecule has 0 saturated carbocycles. The molecule has 3 rings (SSSR count). The van der Waals surface area contributed by atoms with E-state index in [0.29, 0.717) is 41.1 Å². The van der Waals surface area contributed by atoms with Crippen molar-refractivity contribution >= 4 is 29.4 Å². The standard InChI is InChI=1S/C26H31ClN4O5/c1-17(2)25(33)30(10-11-34-3)16-24(32)29-26-28-23(18-6-8-19(27)9-7-18)15-31(26)20-12-21(35-4)14-22(13-20)36-5/h6-9,12-15,17H,10-11,16H2,1-5H3,(H,28,29,32). The normalized spacial score (nSPS) is 10.9. The van der Waals surface area contributed by atoms with Gasteiger partial charge in [-0.25, -0.2) is 4.98 Å². The fourth-order valence-corrected chi connectivity index (χ4v) is 3.65. The van der Waals surface area contributed by atoms with Gasteiger partial charge in [-0.2, -0.15) is 0 Å². The fraction of sp³-hybridized carbons (Fsp3) is 0.346. The van der Waals surface area contributed by atoms with Crippen LogP contribution in [0.3, 0.4) is 0 Å². The van der Waals surface area contributed by atoms with Crippen LogP contribution in [0.5, 0.6) is 11.5 Å². The number of nitrogens with zero attached hydrogens (tertiary/aromatic N) is 3. The number of hydrogen-bond acceptors (Lipinski definition) is 6. The lowest BCUT2D eigenvalue weighted by atomic mass is 10.2. The number of aromatic nitrogens is 2. The third-order valence-corrected chi connectivity index (χ3v) is 5.67. The molecule has 1 N–H and O–H groups in total. The summed E-state index contributed by atoms with van der Waals surface area (Å²) < 4.78 is 17.7. The van der Waals surface area contributed by atoms with Crippen molar-refractivity contribution in [1.82, 2.24) is 14.5 Å². The van der Waals surface area contributed by atoms with E-state index in [1.807, 2.05) is 12.1 Å². The van der Waals surface area contributed by atoms with E-state index in [1.54, 1.807) is 76.3 Å². The third kappa shape index (κ3) is 6.77. The zero-order chi connectivity index (χ0) is 26.2. The van der Waals surface area contributed by atoms with Gasteiger partial charge in [-0.3, -0.25) is 19.5 Å². The van der Waals surface area contributed by atoms with Crippen molar-refractivity contribution < 1.29 is 23.8 Å². The van der Waals surface area contributed by atoms with Crippen molar-refractivity contribution in [2.45, 2.75) is 13.8 Å². The average molecular weight is 515 g/mol. The maximum atomic E-state index is 13.1. The number of anilines is 1. The number of benzene rings is 2. The first-order valence-electron chi connectivity index (χ1n) is 11.4. The molecule has 0 atom stereocenters. The van der Waals surface area contributed by atoms with Crippen LogP contribution in [0.2, 0.25) is 5.02 Å². The molecule has 0 aliphatic carbocycles. The minimum Gasteiger partial charge on any atom is -0.497 e. The number of amides is 2. The Bertz CT molecular complexity index is 1170. The molecule has 3 aromatic rings. The summed E-state index contributed by atoms with van der Waals surface area (Å²) in [4.78, 5) is 31.8. The van der Waals surface area contributed by atoms with Crippen LogP contribution in [0.25, 0.3) is 16.9 Å². The van der Waals surface area contributed by atoms with Crippen molar-refractivity contribution in [3.8, 4) is 28.4 Å². The second kappa shape index (κ2) is 12.4. The lowest BCUT2D eigenvalue weighted by Crippen LogP contribution is -2.42. The molecule has 9 nitrogen and oxygen atoms in total. The molecule has 0 bridgehead atoms. The van der Waals surface area contributed by atoms with Gasteiger partial charge in [0.05, 0.1) is 32.2 Å². The predicted molar refractivity (Wildman–Crippen MR) is 139 cm³/mol. The van der Waals surface area contributed by atoms with Crippen LogP contribution < -0.4 is 14.8 Å². The van der Waals surface area contributed by atoms with Gasteiger partial charge in [0.25, 0.3) is 0 Å². The van der Waals surface area contributed by atoms with E-state index in [-0.39, 0.29) is 30.2 Å². The highest BCUT2D eigenvalue weighted by molar-refractivity contribution is 6.30. The average Bonchev–Trinajstić information content (AvgIpc) is 3.29. The van der Waals surface area contributed by atoms with Crippen LogP contribution in [0.15, 0.2) is 48.7 Å².